The van der Waals surface area contributed by atoms with Crippen molar-refractivity contribution in [2.24, 2.45) is 0 Å². The lowest BCUT2D eigenvalue weighted by Gasteiger charge is -2.12. The van der Waals surface area contributed by atoms with Gasteiger partial charge in [-0.25, -0.2) is 14.4 Å². The Morgan fingerprint density at radius 1 is 1.22 bits per heavy atom. The molecule has 0 bridgehead atoms. The van der Waals surface area contributed by atoms with E-state index in [1.807, 2.05) is 26.0 Å². The topological polar surface area (TPSA) is 47.0 Å². The molecule has 0 spiro atoms. The van der Waals surface area contributed by atoms with E-state index in [2.05, 4.69) is 15.3 Å². The first-order valence-electron chi connectivity index (χ1n) is 7.18. The second-order valence-electron chi connectivity index (χ2n) is 5.04. The van der Waals surface area contributed by atoms with Gasteiger partial charge >= 0.3 is 0 Å². The molecule has 3 rings (SSSR count). The lowest BCUT2D eigenvalue weighted by Crippen LogP contribution is -1.99. The number of benzene rings is 2. The largest absolute Gasteiger partial charge is 0.494 e. The summed E-state index contributed by atoms with van der Waals surface area (Å²) in [7, 11) is 0. The highest BCUT2D eigenvalue weighted by molar-refractivity contribution is 6.31. The molecule has 23 heavy (non-hydrogen) atoms. The summed E-state index contributed by atoms with van der Waals surface area (Å²) in [6.45, 7) is 4.50. The lowest BCUT2D eigenvalue weighted by atomic mass is 10.1. The Balaban J connectivity index is 2.03. The van der Waals surface area contributed by atoms with Crippen molar-refractivity contribution in [1.82, 2.24) is 9.97 Å². The number of anilines is 2. The standard InChI is InChI=1S/C17H15ClFN3O/c1-3-23-16-8-15-12(6-10(16)2)17(21-9-20-15)22-11-4-5-14(19)13(18)7-11/h4-9H,3H2,1-2H3,(H,20,21,22). The Kier molecular flexibility index (Phi) is 4.30. The molecule has 0 saturated carbocycles. The third kappa shape index (κ3) is 3.19. The third-order valence-electron chi connectivity index (χ3n) is 3.41. The normalized spacial score (nSPS) is 10.8. The van der Waals surface area contributed by atoms with Crippen LogP contribution in [0.5, 0.6) is 5.75 Å². The van der Waals surface area contributed by atoms with Crippen LogP contribution in [0, 0.1) is 12.7 Å². The number of halogens is 2. The zero-order valence-electron chi connectivity index (χ0n) is 12.7. The van der Waals surface area contributed by atoms with Crippen LogP contribution in [0.4, 0.5) is 15.9 Å². The van der Waals surface area contributed by atoms with Crippen molar-refractivity contribution in [2.75, 3.05) is 11.9 Å². The molecule has 0 amide bonds. The van der Waals surface area contributed by atoms with Crippen molar-refractivity contribution in [3.63, 3.8) is 0 Å². The first-order chi connectivity index (χ1) is 11.1. The molecule has 118 valence electrons. The molecule has 0 atom stereocenters. The minimum Gasteiger partial charge on any atom is -0.494 e. The van der Waals surface area contributed by atoms with E-state index >= 15 is 0 Å². The summed E-state index contributed by atoms with van der Waals surface area (Å²) >= 11 is 5.81. The predicted octanol–water partition coefficient (Wildman–Crippen LogP) is 4.87. The monoisotopic (exact) mass is 331 g/mol. The zero-order chi connectivity index (χ0) is 16.4. The van der Waals surface area contributed by atoms with Crippen molar-refractivity contribution in [3.8, 4) is 5.75 Å². The highest BCUT2D eigenvalue weighted by atomic mass is 35.5. The van der Waals surface area contributed by atoms with E-state index in [0.717, 1.165) is 22.2 Å². The van der Waals surface area contributed by atoms with E-state index in [1.165, 1.54) is 18.5 Å². The van der Waals surface area contributed by atoms with Crippen molar-refractivity contribution in [1.29, 1.82) is 0 Å². The second-order valence-corrected chi connectivity index (χ2v) is 5.45. The van der Waals surface area contributed by atoms with Gasteiger partial charge in [-0.05, 0) is 43.7 Å². The van der Waals surface area contributed by atoms with Gasteiger partial charge in [0.25, 0.3) is 0 Å². The molecular formula is C17H15ClFN3O. The minimum atomic E-state index is -0.457. The van der Waals surface area contributed by atoms with Gasteiger partial charge in [0.2, 0.25) is 0 Å². The van der Waals surface area contributed by atoms with Crippen molar-refractivity contribution in [3.05, 3.63) is 53.1 Å². The summed E-state index contributed by atoms with van der Waals surface area (Å²) < 4.78 is 18.9. The Morgan fingerprint density at radius 3 is 2.78 bits per heavy atom. The van der Waals surface area contributed by atoms with Crippen LogP contribution < -0.4 is 10.1 Å². The van der Waals surface area contributed by atoms with Crippen LogP contribution in [0.3, 0.4) is 0 Å². The molecular weight excluding hydrogens is 317 g/mol. The molecule has 3 aromatic rings. The van der Waals surface area contributed by atoms with E-state index in [0.29, 0.717) is 18.1 Å². The molecule has 1 aromatic heterocycles. The number of rotatable bonds is 4. The second kappa shape index (κ2) is 6.38. The molecule has 6 heteroatoms. The van der Waals surface area contributed by atoms with E-state index in [-0.39, 0.29) is 5.02 Å². The molecule has 0 aliphatic carbocycles. The molecule has 0 aliphatic heterocycles. The average molecular weight is 332 g/mol. The first kappa shape index (κ1) is 15.5. The maximum Gasteiger partial charge on any atom is 0.141 e. The first-order valence-corrected chi connectivity index (χ1v) is 7.56. The Labute approximate surface area is 138 Å². The number of ether oxygens (including phenoxy) is 1. The van der Waals surface area contributed by atoms with Crippen molar-refractivity contribution >= 4 is 34.0 Å². The van der Waals surface area contributed by atoms with Crippen LogP contribution in [0.15, 0.2) is 36.7 Å². The van der Waals surface area contributed by atoms with E-state index < -0.39 is 5.82 Å². The predicted molar refractivity (Wildman–Crippen MR) is 90.1 cm³/mol. The third-order valence-corrected chi connectivity index (χ3v) is 3.70. The fraction of sp³-hybridized carbons (Fsp3) is 0.176. The smallest absolute Gasteiger partial charge is 0.141 e. The highest BCUT2D eigenvalue weighted by Gasteiger charge is 2.09. The van der Waals surface area contributed by atoms with Gasteiger partial charge in [-0.1, -0.05) is 11.6 Å². The maximum absolute atomic E-state index is 13.3. The lowest BCUT2D eigenvalue weighted by molar-refractivity contribution is 0.338. The number of nitrogens with one attached hydrogen (secondary N) is 1. The van der Waals surface area contributed by atoms with E-state index in [1.54, 1.807) is 6.07 Å². The van der Waals surface area contributed by atoms with E-state index in [4.69, 9.17) is 16.3 Å². The molecule has 0 saturated heterocycles. The summed E-state index contributed by atoms with van der Waals surface area (Å²) in [6.07, 6.45) is 1.47. The summed E-state index contributed by atoms with van der Waals surface area (Å²) in [4.78, 5) is 8.55. The quantitative estimate of drug-likeness (QED) is 0.740. The number of hydrogen-bond acceptors (Lipinski definition) is 4. The van der Waals surface area contributed by atoms with Gasteiger partial charge in [-0.2, -0.15) is 0 Å². The van der Waals surface area contributed by atoms with Gasteiger partial charge in [0, 0.05) is 17.1 Å². The van der Waals surface area contributed by atoms with Crippen LogP contribution in [0.25, 0.3) is 10.9 Å². The summed E-state index contributed by atoms with van der Waals surface area (Å²) in [5.74, 6) is 0.972. The zero-order valence-corrected chi connectivity index (χ0v) is 13.5. The molecule has 0 radical (unpaired) electrons. The molecule has 1 N–H and O–H groups in total. The molecule has 0 aliphatic rings. The fourth-order valence-corrected chi connectivity index (χ4v) is 2.49. The van der Waals surface area contributed by atoms with E-state index in [9.17, 15) is 4.39 Å². The number of nitrogens with zero attached hydrogens (tertiary/aromatic N) is 2. The summed E-state index contributed by atoms with van der Waals surface area (Å²) in [5.41, 5.74) is 2.42. The Hall–Kier alpha value is -2.40. The molecule has 1 heterocycles. The van der Waals surface area contributed by atoms with Crippen LogP contribution in [-0.4, -0.2) is 16.6 Å². The van der Waals surface area contributed by atoms with Gasteiger partial charge in [0.15, 0.2) is 0 Å². The average Bonchev–Trinajstić information content (AvgIpc) is 2.53. The summed E-state index contributed by atoms with van der Waals surface area (Å²) in [6, 6.07) is 8.29. The van der Waals surface area contributed by atoms with Crippen LogP contribution in [0.2, 0.25) is 5.02 Å². The van der Waals surface area contributed by atoms with Gasteiger partial charge in [-0.3, -0.25) is 0 Å². The van der Waals surface area contributed by atoms with Crippen LogP contribution >= 0.6 is 11.6 Å². The van der Waals surface area contributed by atoms with Crippen LogP contribution in [-0.2, 0) is 0 Å². The Bertz CT molecular complexity index is 870. The molecule has 2 aromatic carbocycles. The number of fused-ring (bicyclic) bond motifs is 1. The SMILES string of the molecule is CCOc1cc2ncnc(Nc3ccc(F)c(Cl)c3)c2cc1C. The molecule has 0 fully saturated rings. The van der Waals surface area contributed by atoms with Crippen molar-refractivity contribution in [2.45, 2.75) is 13.8 Å². The van der Waals surface area contributed by atoms with Crippen LogP contribution in [0.1, 0.15) is 12.5 Å². The number of aromatic nitrogens is 2. The van der Waals surface area contributed by atoms with Gasteiger partial charge < -0.3 is 10.1 Å². The van der Waals surface area contributed by atoms with Gasteiger partial charge in [0.1, 0.15) is 23.7 Å². The van der Waals surface area contributed by atoms with Crippen molar-refractivity contribution < 1.29 is 9.13 Å². The fourth-order valence-electron chi connectivity index (χ4n) is 2.31. The molecule has 4 nitrogen and oxygen atoms in total. The minimum absolute atomic E-state index is 0.0585. The van der Waals surface area contributed by atoms with Gasteiger partial charge in [0.05, 0.1) is 17.1 Å². The Morgan fingerprint density at radius 2 is 2.04 bits per heavy atom. The summed E-state index contributed by atoms with van der Waals surface area (Å²) in [5, 5.41) is 4.06. The number of hydrogen-bond donors (Lipinski definition) is 1. The highest BCUT2D eigenvalue weighted by Crippen LogP contribution is 2.30. The maximum atomic E-state index is 13.3. The van der Waals surface area contributed by atoms with Gasteiger partial charge in [-0.15, -0.1) is 0 Å². The number of aryl methyl sites for hydroxylation is 1. The molecule has 0 unspecified atom stereocenters.